The lowest BCUT2D eigenvalue weighted by Crippen LogP contribution is -2.41. The lowest BCUT2D eigenvalue weighted by Gasteiger charge is -2.30. The third-order valence-corrected chi connectivity index (χ3v) is 5.74. The Morgan fingerprint density at radius 3 is 2.29 bits per heavy atom. The van der Waals surface area contributed by atoms with E-state index in [0.29, 0.717) is 18.5 Å². The van der Waals surface area contributed by atoms with E-state index < -0.39 is 10.0 Å². The van der Waals surface area contributed by atoms with Crippen LogP contribution < -0.4 is 0 Å². The highest BCUT2D eigenvalue weighted by molar-refractivity contribution is 7.89. The number of Topliss-reactive ketones (excluding diaryl/α,β-unsaturated/α-hetero) is 2. The molecule has 1 heterocycles. The number of piperidine rings is 1. The Labute approximate surface area is 125 Å². The van der Waals surface area contributed by atoms with E-state index in [1.165, 1.54) is 42.4 Å². The quantitative estimate of drug-likeness (QED) is 0.796. The molecule has 0 saturated carbocycles. The molecule has 0 N–H and O–H groups in total. The Bertz CT molecular complexity index is 649. The SMILES string of the molecule is CC(=O)c1ccc(S(=O)(=O)N2CCCC(C(C)=O)C2)cc1. The monoisotopic (exact) mass is 309 g/mol. The number of hydrogen-bond donors (Lipinski definition) is 0. The Morgan fingerprint density at radius 1 is 1.14 bits per heavy atom. The second kappa shape index (κ2) is 6.07. The minimum absolute atomic E-state index is 0.0295. The van der Waals surface area contributed by atoms with Crippen LogP contribution in [0.4, 0.5) is 0 Å². The molecule has 0 radical (unpaired) electrons. The fourth-order valence-electron chi connectivity index (χ4n) is 2.50. The van der Waals surface area contributed by atoms with E-state index in [4.69, 9.17) is 0 Å². The standard InChI is InChI=1S/C15H19NO4S/c1-11(17)13-5-7-15(8-6-13)21(19,20)16-9-3-4-14(10-16)12(2)18/h5-8,14H,3-4,9-10H2,1-2H3. The second-order valence-electron chi connectivity index (χ2n) is 5.39. The van der Waals surface area contributed by atoms with Crippen LogP contribution in [0.5, 0.6) is 0 Å². The molecular weight excluding hydrogens is 290 g/mol. The molecule has 1 aromatic carbocycles. The lowest BCUT2D eigenvalue weighted by molar-refractivity contribution is -0.121. The Kier molecular flexibility index (Phi) is 4.58. The summed E-state index contributed by atoms with van der Waals surface area (Å²) in [5.41, 5.74) is 0.481. The fourth-order valence-corrected chi connectivity index (χ4v) is 4.03. The van der Waals surface area contributed by atoms with Crippen molar-refractivity contribution in [2.45, 2.75) is 31.6 Å². The predicted molar refractivity (Wildman–Crippen MR) is 78.6 cm³/mol. The van der Waals surface area contributed by atoms with Gasteiger partial charge in [-0.15, -0.1) is 0 Å². The molecule has 6 heteroatoms. The van der Waals surface area contributed by atoms with Gasteiger partial charge in [0.05, 0.1) is 4.90 Å². The van der Waals surface area contributed by atoms with Crippen LogP contribution in [0.3, 0.4) is 0 Å². The van der Waals surface area contributed by atoms with Crippen molar-refractivity contribution in [3.05, 3.63) is 29.8 Å². The molecule has 1 aliphatic heterocycles. The smallest absolute Gasteiger partial charge is 0.243 e. The number of rotatable bonds is 4. The molecule has 114 valence electrons. The van der Waals surface area contributed by atoms with Gasteiger partial charge in [-0.3, -0.25) is 9.59 Å². The van der Waals surface area contributed by atoms with Gasteiger partial charge in [-0.25, -0.2) is 8.42 Å². The van der Waals surface area contributed by atoms with E-state index in [2.05, 4.69) is 0 Å². The molecule has 21 heavy (non-hydrogen) atoms. The largest absolute Gasteiger partial charge is 0.300 e. The van der Waals surface area contributed by atoms with Gasteiger partial charge in [-0.1, -0.05) is 12.1 Å². The van der Waals surface area contributed by atoms with Gasteiger partial charge in [0.25, 0.3) is 0 Å². The first-order valence-electron chi connectivity index (χ1n) is 6.94. The van der Waals surface area contributed by atoms with Gasteiger partial charge in [0, 0.05) is 24.6 Å². The van der Waals surface area contributed by atoms with Crippen molar-refractivity contribution in [2.24, 2.45) is 5.92 Å². The van der Waals surface area contributed by atoms with Gasteiger partial charge < -0.3 is 0 Å². The Balaban J connectivity index is 2.24. The summed E-state index contributed by atoms with van der Waals surface area (Å²) < 4.78 is 26.5. The topological polar surface area (TPSA) is 71.5 Å². The zero-order valence-electron chi connectivity index (χ0n) is 12.2. The molecule has 0 aromatic heterocycles. The molecule has 0 bridgehead atoms. The van der Waals surface area contributed by atoms with Crippen molar-refractivity contribution >= 4 is 21.6 Å². The Hall–Kier alpha value is -1.53. The van der Waals surface area contributed by atoms with Crippen molar-refractivity contribution in [1.82, 2.24) is 4.31 Å². The summed E-state index contributed by atoms with van der Waals surface area (Å²) in [6.07, 6.45) is 1.43. The van der Waals surface area contributed by atoms with Crippen LogP contribution in [0, 0.1) is 5.92 Å². The highest BCUT2D eigenvalue weighted by atomic mass is 32.2. The molecule has 0 amide bonds. The number of carbonyl (C=O) groups excluding carboxylic acids is 2. The predicted octanol–water partition coefficient (Wildman–Crippen LogP) is 1.88. The van der Waals surface area contributed by atoms with Gasteiger partial charge >= 0.3 is 0 Å². The number of benzene rings is 1. The highest BCUT2D eigenvalue weighted by Gasteiger charge is 2.31. The van der Waals surface area contributed by atoms with Gasteiger partial charge in [0.15, 0.2) is 5.78 Å². The molecule has 0 aliphatic carbocycles. The molecule has 1 aliphatic rings. The summed E-state index contributed by atoms with van der Waals surface area (Å²) in [6.45, 7) is 3.61. The first-order valence-corrected chi connectivity index (χ1v) is 8.38. The van der Waals surface area contributed by atoms with Gasteiger partial charge in [-0.05, 0) is 38.8 Å². The van der Waals surface area contributed by atoms with E-state index in [1.807, 2.05) is 0 Å². The summed E-state index contributed by atoms with van der Waals surface area (Å²) >= 11 is 0. The number of nitrogens with zero attached hydrogens (tertiary/aromatic N) is 1. The number of ketones is 2. The molecular formula is C15H19NO4S. The second-order valence-corrected chi connectivity index (χ2v) is 7.33. The van der Waals surface area contributed by atoms with Crippen LogP contribution in [-0.2, 0) is 14.8 Å². The van der Waals surface area contributed by atoms with Crippen LogP contribution in [0.25, 0.3) is 0 Å². The molecule has 2 rings (SSSR count). The minimum Gasteiger partial charge on any atom is -0.300 e. The first kappa shape index (κ1) is 15.9. The molecule has 1 atom stereocenters. The molecule has 1 unspecified atom stereocenters. The van der Waals surface area contributed by atoms with Crippen molar-refractivity contribution < 1.29 is 18.0 Å². The number of hydrogen-bond acceptors (Lipinski definition) is 4. The van der Waals surface area contributed by atoms with E-state index >= 15 is 0 Å². The lowest BCUT2D eigenvalue weighted by atomic mass is 9.96. The zero-order chi connectivity index (χ0) is 15.6. The minimum atomic E-state index is -3.60. The van der Waals surface area contributed by atoms with Crippen molar-refractivity contribution in [3.8, 4) is 0 Å². The maximum Gasteiger partial charge on any atom is 0.243 e. The number of sulfonamides is 1. The van der Waals surface area contributed by atoms with Crippen LogP contribution >= 0.6 is 0 Å². The van der Waals surface area contributed by atoms with Crippen LogP contribution in [-0.4, -0.2) is 37.4 Å². The third kappa shape index (κ3) is 3.39. The Morgan fingerprint density at radius 2 is 1.76 bits per heavy atom. The van der Waals surface area contributed by atoms with Crippen LogP contribution in [0.1, 0.15) is 37.0 Å². The summed E-state index contributed by atoms with van der Waals surface area (Å²) in [4.78, 5) is 22.9. The van der Waals surface area contributed by atoms with Crippen LogP contribution in [0.2, 0.25) is 0 Å². The third-order valence-electron chi connectivity index (χ3n) is 3.86. The average molecular weight is 309 g/mol. The molecule has 0 spiro atoms. The summed E-state index contributed by atoms with van der Waals surface area (Å²) in [5, 5.41) is 0. The normalized spacial score (nSPS) is 20.2. The summed E-state index contributed by atoms with van der Waals surface area (Å²) in [6, 6.07) is 5.93. The first-order chi connectivity index (χ1) is 9.82. The molecule has 1 fully saturated rings. The molecule has 1 saturated heterocycles. The maximum atomic E-state index is 12.6. The number of carbonyl (C=O) groups is 2. The summed E-state index contributed by atoms with van der Waals surface area (Å²) in [7, 11) is -3.60. The summed E-state index contributed by atoms with van der Waals surface area (Å²) in [5.74, 6) is -0.291. The van der Waals surface area contributed by atoms with Crippen molar-refractivity contribution in [2.75, 3.05) is 13.1 Å². The van der Waals surface area contributed by atoms with Gasteiger partial charge in [-0.2, -0.15) is 4.31 Å². The van der Waals surface area contributed by atoms with E-state index in [0.717, 1.165) is 6.42 Å². The maximum absolute atomic E-state index is 12.6. The van der Waals surface area contributed by atoms with E-state index in [1.54, 1.807) is 0 Å². The molecule has 1 aromatic rings. The van der Waals surface area contributed by atoms with Crippen molar-refractivity contribution in [3.63, 3.8) is 0 Å². The molecule has 5 nitrogen and oxygen atoms in total. The average Bonchev–Trinajstić information content (AvgIpc) is 2.47. The zero-order valence-corrected chi connectivity index (χ0v) is 13.0. The fraction of sp³-hybridized carbons (Fsp3) is 0.467. The van der Waals surface area contributed by atoms with E-state index in [-0.39, 0.29) is 28.9 Å². The van der Waals surface area contributed by atoms with E-state index in [9.17, 15) is 18.0 Å². The van der Waals surface area contributed by atoms with Crippen LogP contribution in [0.15, 0.2) is 29.2 Å². The highest BCUT2D eigenvalue weighted by Crippen LogP contribution is 2.24. The van der Waals surface area contributed by atoms with Gasteiger partial charge in [0.1, 0.15) is 5.78 Å². The van der Waals surface area contributed by atoms with Gasteiger partial charge in [0.2, 0.25) is 10.0 Å². The van der Waals surface area contributed by atoms with Crippen molar-refractivity contribution in [1.29, 1.82) is 0 Å².